The fourth-order valence-corrected chi connectivity index (χ4v) is 4.62. The smallest absolute Gasteiger partial charge is 0.250 e. The summed E-state index contributed by atoms with van der Waals surface area (Å²) in [7, 11) is 2.07. The van der Waals surface area contributed by atoms with Crippen LogP contribution in [0.15, 0.2) is 66.9 Å². The molecule has 0 aliphatic carbocycles. The number of aromatic nitrogens is 3. The van der Waals surface area contributed by atoms with Gasteiger partial charge in [-0.05, 0) is 55.8 Å². The zero-order valence-corrected chi connectivity index (χ0v) is 23.0. The number of nitrogens with one attached hydrogen (secondary N) is 3. The number of anilines is 4. The number of likely N-dealkylation sites (N-methyl/N-ethyl adjacent to an activating group) is 1. The van der Waals surface area contributed by atoms with Gasteiger partial charge in [-0.2, -0.15) is 9.97 Å². The topological polar surface area (TPSA) is 98.4 Å². The maximum absolute atomic E-state index is 15.0. The summed E-state index contributed by atoms with van der Waals surface area (Å²) in [6.07, 6.45) is 2.37. The number of hydrogen-bond donors (Lipinski definition) is 3. The molecule has 2 aromatic carbocycles. The van der Waals surface area contributed by atoms with E-state index in [2.05, 4.69) is 49.0 Å². The second-order valence-corrected chi connectivity index (χ2v) is 10.5. The molecule has 0 unspecified atom stereocenters. The maximum atomic E-state index is 15.0. The van der Waals surface area contributed by atoms with Crippen LogP contribution in [0.3, 0.4) is 0 Å². The van der Waals surface area contributed by atoms with E-state index in [9.17, 15) is 4.79 Å². The van der Waals surface area contributed by atoms with Crippen molar-refractivity contribution in [3.8, 4) is 11.6 Å². The van der Waals surface area contributed by atoms with Crippen LogP contribution in [0.1, 0.15) is 20.3 Å². The molecule has 3 N–H and O–H groups in total. The number of amides is 1. The molecule has 1 aliphatic rings. The van der Waals surface area contributed by atoms with Crippen molar-refractivity contribution in [3.05, 3.63) is 72.7 Å². The molecule has 0 bridgehead atoms. The van der Waals surface area contributed by atoms with E-state index in [1.165, 1.54) is 6.07 Å². The van der Waals surface area contributed by atoms with Crippen molar-refractivity contribution in [1.29, 1.82) is 0 Å². The largest absolute Gasteiger partial charge is 0.438 e. The summed E-state index contributed by atoms with van der Waals surface area (Å²) in [6.45, 7) is 11.3. The number of hydrogen-bond acceptors (Lipinski definition) is 7. The van der Waals surface area contributed by atoms with Crippen molar-refractivity contribution in [1.82, 2.24) is 19.9 Å². The Balaban J connectivity index is 1.33. The molecule has 1 fully saturated rings. The van der Waals surface area contributed by atoms with Gasteiger partial charge >= 0.3 is 0 Å². The van der Waals surface area contributed by atoms with Crippen molar-refractivity contribution in [3.63, 3.8) is 0 Å². The van der Waals surface area contributed by atoms with Crippen molar-refractivity contribution in [2.24, 2.45) is 5.92 Å². The monoisotopic (exact) mass is 543 g/mol. The molecule has 0 saturated carbocycles. The van der Waals surface area contributed by atoms with Crippen molar-refractivity contribution < 1.29 is 13.9 Å². The van der Waals surface area contributed by atoms with Gasteiger partial charge < -0.3 is 30.2 Å². The van der Waals surface area contributed by atoms with Gasteiger partial charge in [0, 0.05) is 55.4 Å². The number of nitrogens with zero attached hydrogens (tertiary/aromatic N) is 4. The molecule has 2 aromatic heterocycles. The number of rotatable bonds is 9. The van der Waals surface area contributed by atoms with Crippen LogP contribution in [0, 0.1) is 11.7 Å². The lowest BCUT2D eigenvalue weighted by atomic mass is 10.0. The Morgan fingerprint density at radius 3 is 2.65 bits per heavy atom. The van der Waals surface area contributed by atoms with Gasteiger partial charge in [0.2, 0.25) is 11.8 Å². The molecule has 1 amide bonds. The SMILES string of the molecule is C=C(CC(C)C)C(=O)Nc1cccc(Oc2nc(Nc3ccc(N4CCN(C)CC4)c(F)c3)nc3[nH]ccc23)c1. The summed E-state index contributed by atoms with van der Waals surface area (Å²) < 4.78 is 21.2. The van der Waals surface area contributed by atoms with E-state index in [1.54, 1.807) is 36.5 Å². The Bertz CT molecular complexity index is 1530. The molecule has 208 valence electrons. The fourth-order valence-electron chi connectivity index (χ4n) is 4.62. The zero-order chi connectivity index (χ0) is 28.2. The van der Waals surface area contributed by atoms with E-state index in [-0.39, 0.29) is 17.7 Å². The van der Waals surface area contributed by atoms with E-state index in [1.807, 2.05) is 26.0 Å². The summed E-state index contributed by atoms with van der Waals surface area (Å²) in [6, 6.07) is 13.9. The molecule has 1 aliphatic heterocycles. The average molecular weight is 544 g/mol. The fraction of sp³-hybridized carbons (Fsp3) is 0.300. The van der Waals surface area contributed by atoms with E-state index in [4.69, 9.17) is 4.74 Å². The molecule has 0 atom stereocenters. The number of fused-ring (bicyclic) bond motifs is 1. The number of piperazine rings is 1. The lowest BCUT2D eigenvalue weighted by Gasteiger charge is -2.34. The van der Waals surface area contributed by atoms with Gasteiger partial charge in [0.1, 0.15) is 17.2 Å². The summed E-state index contributed by atoms with van der Waals surface area (Å²) in [5.41, 5.74) is 2.79. The van der Waals surface area contributed by atoms with Crippen LogP contribution in [0.4, 0.5) is 27.4 Å². The minimum absolute atomic E-state index is 0.224. The van der Waals surface area contributed by atoms with Crippen LogP contribution >= 0.6 is 0 Å². The van der Waals surface area contributed by atoms with Gasteiger partial charge in [0.05, 0.1) is 11.1 Å². The first kappa shape index (κ1) is 27.1. The van der Waals surface area contributed by atoms with Crippen molar-refractivity contribution in [2.45, 2.75) is 20.3 Å². The van der Waals surface area contributed by atoms with Crippen molar-refractivity contribution >= 4 is 40.0 Å². The van der Waals surface area contributed by atoms with Crippen LogP contribution < -0.4 is 20.3 Å². The highest BCUT2D eigenvalue weighted by atomic mass is 19.1. The van der Waals surface area contributed by atoms with Crippen LogP contribution in [0.25, 0.3) is 11.0 Å². The summed E-state index contributed by atoms with van der Waals surface area (Å²) >= 11 is 0. The maximum Gasteiger partial charge on any atom is 0.250 e. The van der Waals surface area contributed by atoms with E-state index in [0.29, 0.717) is 57.6 Å². The summed E-state index contributed by atoms with van der Waals surface area (Å²) in [4.78, 5) is 29.0. The lowest BCUT2D eigenvalue weighted by molar-refractivity contribution is -0.113. The quantitative estimate of drug-likeness (QED) is 0.225. The Morgan fingerprint density at radius 1 is 1.10 bits per heavy atom. The Kier molecular flexibility index (Phi) is 7.97. The first-order valence-electron chi connectivity index (χ1n) is 13.4. The number of ether oxygens (including phenoxy) is 1. The number of carbonyl (C=O) groups is 1. The third-order valence-electron chi connectivity index (χ3n) is 6.71. The molecule has 10 heteroatoms. The molecule has 1 saturated heterocycles. The average Bonchev–Trinajstić information content (AvgIpc) is 3.38. The van der Waals surface area contributed by atoms with Gasteiger partial charge in [-0.25, -0.2) is 4.39 Å². The minimum Gasteiger partial charge on any atom is -0.438 e. The third kappa shape index (κ3) is 6.40. The van der Waals surface area contributed by atoms with Gasteiger partial charge in [-0.3, -0.25) is 4.79 Å². The number of halogens is 1. The summed E-state index contributed by atoms with van der Waals surface area (Å²) in [5, 5.41) is 6.66. The molecule has 0 radical (unpaired) electrons. The molecule has 4 aromatic rings. The van der Waals surface area contributed by atoms with Crippen LogP contribution in [0.5, 0.6) is 11.6 Å². The Hall–Kier alpha value is -4.44. The van der Waals surface area contributed by atoms with E-state index >= 15 is 4.39 Å². The van der Waals surface area contributed by atoms with Crippen LogP contribution in [0.2, 0.25) is 0 Å². The minimum atomic E-state index is -0.304. The highest BCUT2D eigenvalue weighted by Gasteiger charge is 2.18. The Labute approximate surface area is 233 Å². The third-order valence-corrected chi connectivity index (χ3v) is 6.71. The van der Waals surface area contributed by atoms with E-state index in [0.717, 1.165) is 26.2 Å². The highest BCUT2D eigenvalue weighted by Crippen LogP contribution is 2.31. The van der Waals surface area contributed by atoms with E-state index < -0.39 is 0 Å². The molecule has 9 nitrogen and oxygen atoms in total. The zero-order valence-electron chi connectivity index (χ0n) is 23.0. The first-order chi connectivity index (χ1) is 19.2. The van der Waals surface area contributed by atoms with Crippen LogP contribution in [-0.4, -0.2) is 59.0 Å². The van der Waals surface area contributed by atoms with Gasteiger partial charge in [0.25, 0.3) is 5.91 Å². The van der Waals surface area contributed by atoms with Gasteiger partial charge in [-0.1, -0.05) is 26.5 Å². The number of aromatic amines is 1. The molecule has 5 rings (SSSR count). The molecular weight excluding hydrogens is 509 g/mol. The second-order valence-electron chi connectivity index (χ2n) is 10.5. The number of benzene rings is 2. The van der Waals surface area contributed by atoms with Gasteiger partial charge in [-0.15, -0.1) is 0 Å². The normalized spacial score (nSPS) is 14.0. The molecule has 3 heterocycles. The predicted octanol–water partition coefficient (Wildman–Crippen LogP) is 5.93. The number of H-pyrrole nitrogens is 1. The highest BCUT2D eigenvalue weighted by molar-refractivity contribution is 6.03. The standard InChI is InChI=1S/C30H34FN7O2/c1-19(2)16-20(3)28(39)33-21-6-5-7-23(17-21)40-29-24-10-11-32-27(24)35-30(36-29)34-22-8-9-26(25(31)18-22)38-14-12-37(4)13-15-38/h5-11,17-19H,3,12-16H2,1-2,4H3,(H,33,39)(H2,32,34,35,36). The van der Waals surface area contributed by atoms with Crippen molar-refractivity contribution in [2.75, 3.05) is 48.8 Å². The summed E-state index contributed by atoms with van der Waals surface area (Å²) in [5.74, 6) is 0.868. The predicted molar refractivity (Wildman–Crippen MR) is 157 cm³/mol. The number of carbonyl (C=O) groups excluding carboxylic acids is 1. The van der Waals surface area contributed by atoms with Gasteiger partial charge in [0.15, 0.2) is 0 Å². The second kappa shape index (κ2) is 11.7. The Morgan fingerprint density at radius 2 is 1.90 bits per heavy atom. The first-order valence-corrected chi connectivity index (χ1v) is 13.4. The molecule has 40 heavy (non-hydrogen) atoms. The molecule has 0 spiro atoms. The molecular formula is C30H34FN7O2. The van der Waals surface area contributed by atoms with Crippen LogP contribution in [-0.2, 0) is 4.79 Å². The lowest BCUT2D eigenvalue weighted by Crippen LogP contribution is -2.44.